The zero-order valence-corrected chi connectivity index (χ0v) is 11.9. The molecule has 1 fully saturated rings. The number of esters is 1. The molecule has 18 heavy (non-hydrogen) atoms. The molecule has 1 aromatic rings. The third-order valence-electron chi connectivity index (χ3n) is 3.01. The number of thiophene rings is 1. The first kappa shape index (κ1) is 13.2. The molecule has 0 aromatic carbocycles. The average molecular weight is 268 g/mol. The van der Waals surface area contributed by atoms with Gasteiger partial charge in [0, 0.05) is 12.1 Å². The number of methoxy groups -OCH3 is 1. The van der Waals surface area contributed by atoms with Gasteiger partial charge in [0.25, 0.3) is 0 Å². The summed E-state index contributed by atoms with van der Waals surface area (Å²) < 4.78 is 4.77. The third-order valence-corrected chi connectivity index (χ3v) is 4.17. The van der Waals surface area contributed by atoms with E-state index in [4.69, 9.17) is 10.5 Å². The SMILES string of the molecule is COC(=O)c1sc(NCC(C)C)c(C2CC2)c1N. The first-order chi connectivity index (χ1) is 8.54. The van der Waals surface area contributed by atoms with Crippen molar-refractivity contribution in [3.63, 3.8) is 0 Å². The molecule has 3 N–H and O–H groups in total. The molecule has 0 aliphatic heterocycles. The summed E-state index contributed by atoms with van der Waals surface area (Å²) in [7, 11) is 1.39. The molecule has 1 heterocycles. The number of nitrogens with one attached hydrogen (secondary N) is 1. The second-order valence-corrected chi connectivity index (χ2v) is 6.15. The molecule has 0 unspecified atom stereocenters. The van der Waals surface area contributed by atoms with Crippen molar-refractivity contribution in [1.29, 1.82) is 0 Å². The standard InChI is InChI=1S/C13H20N2O2S/c1-7(2)6-15-12-9(8-4-5-8)10(14)11(18-12)13(16)17-3/h7-8,15H,4-6,14H2,1-3H3. The van der Waals surface area contributed by atoms with Gasteiger partial charge in [0.15, 0.2) is 0 Å². The summed E-state index contributed by atoms with van der Waals surface area (Å²) in [5, 5.41) is 4.45. The van der Waals surface area contributed by atoms with E-state index in [0.29, 0.717) is 22.4 Å². The van der Waals surface area contributed by atoms with Gasteiger partial charge in [-0.15, -0.1) is 11.3 Å². The Labute approximate surface area is 112 Å². The number of nitrogens with two attached hydrogens (primary N) is 1. The van der Waals surface area contributed by atoms with Gasteiger partial charge in [-0.2, -0.15) is 0 Å². The highest BCUT2D eigenvalue weighted by Gasteiger charge is 2.33. The van der Waals surface area contributed by atoms with E-state index >= 15 is 0 Å². The smallest absolute Gasteiger partial charge is 0.350 e. The van der Waals surface area contributed by atoms with Crippen LogP contribution in [0.5, 0.6) is 0 Å². The summed E-state index contributed by atoms with van der Waals surface area (Å²) in [5.74, 6) is 0.744. The lowest BCUT2D eigenvalue weighted by molar-refractivity contribution is 0.0607. The Morgan fingerprint density at radius 3 is 2.72 bits per heavy atom. The van der Waals surface area contributed by atoms with Gasteiger partial charge in [-0.3, -0.25) is 0 Å². The monoisotopic (exact) mass is 268 g/mol. The molecule has 0 atom stereocenters. The highest BCUT2D eigenvalue weighted by atomic mass is 32.1. The fourth-order valence-corrected chi connectivity index (χ4v) is 3.04. The van der Waals surface area contributed by atoms with Crippen molar-refractivity contribution in [2.75, 3.05) is 24.7 Å². The minimum Gasteiger partial charge on any atom is -0.465 e. The van der Waals surface area contributed by atoms with Gasteiger partial charge < -0.3 is 15.8 Å². The quantitative estimate of drug-likeness (QED) is 0.806. The van der Waals surface area contributed by atoms with E-state index in [1.165, 1.54) is 18.4 Å². The van der Waals surface area contributed by atoms with E-state index in [0.717, 1.165) is 30.0 Å². The zero-order valence-electron chi connectivity index (χ0n) is 11.1. The Balaban J connectivity index is 2.29. The number of carbonyl (C=O) groups is 1. The Bertz CT molecular complexity index is 450. The average Bonchev–Trinajstić information content (AvgIpc) is 3.10. The predicted octanol–water partition coefficient (Wildman–Crippen LogP) is 3.06. The van der Waals surface area contributed by atoms with Crippen molar-refractivity contribution < 1.29 is 9.53 Å². The molecule has 0 amide bonds. The number of carbonyl (C=O) groups excluding carboxylic acids is 1. The van der Waals surface area contributed by atoms with E-state index in [1.54, 1.807) is 0 Å². The summed E-state index contributed by atoms with van der Waals surface area (Å²) >= 11 is 1.42. The third kappa shape index (κ3) is 2.61. The molecule has 0 saturated heterocycles. The molecule has 0 spiro atoms. The Morgan fingerprint density at radius 1 is 1.56 bits per heavy atom. The number of hydrogen-bond donors (Lipinski definition) is 2. The van der Waals surface area contributed by atoms with Crippen molar-refractivity contribution in [1.82, 2.24) is 0 Å². The van der Waals surface area contributed by atoms with Crippen LogP contribution in [0.15, 0.2) is 0 Å². The molecular formula is C13H20N2O2S. The van der Waals surface area contributed by atoms with Crippen LogP contribution in [0.3, 0.4) is 0 Å². The molecule has 100 valence electrons. The van der Waals surface area contributed by atoms with Crippen LogP contribution in [-0.4, -0.2) is 19.6 Å². The Kier molecular flexibility index (Phi) is 3.80. The minimum atomic E-state index is -0.336. The molecule has 5 heteroatoms. The van der Waals surface area contributed by atoms with Gasteiger partial charge in [0.05, 0.1) is 17.8 Å². The van der Waals surface area contributed by atoms with Crippen LogP contribution in [0.25, 0.3) is 0 Å². The topological polar surface area (TPSA) is 64.3 Å². The summed E-state index contributed by atoms with van der Waals surface area (Å²) in [6, 6.07) is 0. The van der Waals surface area contributed by atoms with Crippen LogP contribution in [0.2, 0.25) is 0 Å². The number of anilines is 2. The Morgan fingerprint density at radius 2 is 2.22 bits per heavy atom. The summed E-state index contributed by atoms with van der Waals surface area (Å²) in [6.07, 6.45) is 2.33. The van der Waals surface area contributed by atoms with Gasteiger partial charge in [-0.25, -0.2) is 4.79 Å². The fourth-order valence-electron chi connectivity index (χ4n) is 1.91. The molecule has 2 rings (SSSR count). The van der Waals surface area contributed by atoms with Crippen LogP contribution in [0.4, 0.5) is 10.7 Å². The van der Waals surface area contributed by atoms with Gasteiger partial charge in [0.2, 0.25) is 0 Å². The van der Waals surface area contributed by atoms with Gasteiger partial charge in [-0.05, 0) is 24.7 Å². The molecule has 1 aliphatic rings. The first-order valence-corrected chi connectivity index (χ1v) is 7.10. The van der Waals surface area contributed by atoms with E-state index in [1.807, 2.05) is 0 Å². The van der Waals surface area contributed by atoms with Crippen molar-refractivity contribution >= 4 is 28.0 Å². The predicted molar refractivity (Wildman–Crippen MR) is 75.4 cm³/mol. The van der Waals surface area contributed by atoms with E-state index in [9.17, 15) is 4.79 Å². The van der Waals surface area contributed by atoms with Crippen LogP contribution < -0.4 is 11.1 Å². The second-order valence-electron chi connectivity index (χ2n) is 5.13. The lowest BCUT2D eigenvalue weighted by Gasteiger charge is -2.09. The van der Waals surface area contributed by atoms with Gasteiger partial charge in [0.1, 0.15) is 4.88 Å². The number of hydrogen-bond acceptors (Lipinski definition) is 5. The normalized spacial score (nSPS) is 14.9. The van der Waals surface area contributed by atoms with E-state index in [-0.39, 0.29) is 5.97 Å². The second kappa shape index (κ2) is 5.18. The van der Waals surface area contributed by atoms with E-state index in [2.05, 4.69) is 19.2 Å². The minimum absolute atomic E-state index is 0.336. The number of ether oxygens (including phenoxy) is 1. The molecule has 1 aromatic heterocycles. The molecule has 4 nitrogen and oxygen atoms in total. The first-order valence-electron chi connectivity index (χ1n) is 6.29. The largest absolute Gasteiger partial charge is 0.465 e. The summed E-state index contributed by atoms with van der Waals surface area (Å²) in [6.45, 7) is 5.20. The van der Waals surface area contributed by atoms with Crippen molar-refractivity contribution in [2.24, 2.45) is 5.92 Å². The number of nitrogen functional groups attached to an aromatic ring is 1. The number of rotatable bonds is 5. The highest BCUT2D eigenvalue weighted by Crippen LogP contribution is 2.50. The van der Waals surface area contributed by atoms with Crippen LogP contribution in [0, 0.1) is 5.92 Å². The molecule has 1 aliphatic carbocycles. The molecule has 0 radical (unpaired) electrons. The maximum absolute atomic E-state index is 11.7. The fraction of sp³-hybridized carbons (Fsp3) is 0.615. The van der Waals surface area contributed by atoms with Crippen LogP contribution in [0.1, 0.15) is 47.8 Å². The maximum atomic E-state index is 11.7. The molecular weight excluding hydrogens is 248 g/mol. The molecule has 0 bridgehead atoms. The van der Waals surface area contributed by atoms with Crippen molar-refractivity contribution in [2.45, 2.75) is 32.6 Å². The maximum Gasteiger partial charge on any atom is 0.350 e. The zero-order chi connectivity index (χ0) is 13.3. The molecule has 1 saturated carbocycles. The van der Waals surface area contributed by atoms with Crippen LogP contribution >= 0.6 is 11.3 Å². The highest BCUT2D eigenvalue weighted by molar-refractivity contribution is 7.18. The van der Waals surface area contributed by atoms with Gasteiger partial charge >= 0.3 is 5.97 Å². The van der Waals surface area contributed by atoms with Crippen molar-refractivity contribution in [3.8, 4) is 0 Å². The van der Waals surface area contributed by atoms with Crippen LogP contribution in [-0.2, 0) is 4.74 Å². The summed E-state index contributed by atoms with van der Waals surface area (Å²) in [4.78, 5) is 12.2. The lowest BCUT2D eigenvalue weighted by Crippen LogP contribution is -2.08. The Hall–Kier alpha value is -1.23. The summed E-state index contributed by atoms with van der Waals surface area (Å²) in [5.41, 5.74) is 7.84. The lowest BCUT2D eigenvalue weighted by atomic mass is 10.1. The van der Waals surface area contributed by atoms with Gasteiger partial charge in [-0.1, -0.05) is 13.8 Å². The van der Waals surface area contributed by atoms with E-state index < -0.39 is 0 Å². The van der Waals surface area contributed by atoms with Crippen molar-refractivity contribution in [3.05, 3.63) is 10.4 Å².